The molecule has 1 aromatic heterocycles. The van der Waals surface area contributed by atoms with Crippen molar-refractivity contribution in [3.8, 4) is 0 Å². The third kappa shape index (κ3) is 2.51. The Morgan fingerprint density at radius 3 is 2.67 bits per heavy atom. The quantitative estimate of drug-likeness (QED) is 0.766. The fourth-order valence-electron chi connectivity index (χ4n) is 2.14. The van der Waals surface area contributed by atoms with Gasteiger partial charge in [-0.15, -0.1) is 0 Å². The first kappa shape index (κ1) is 10.9. The minimum absolute atomic E-state index is 0.890. The van der Waals surface area contributed by atoms with Gasteiger partial charge in [-0.3, -0.25) is 0 Å². The van der Waals surface area contributed by atoms with Crippen molar-refractivity contribution in [2.75, 3.05) is 18.0 Å². The van der Waals surface area contributed by atoms with E-state index in [0.29, 0.717) is 0 Å². The molecule has 1 aromatic rings. The first-order chi connectivity index (χ1) is 7.31. The molecule has 1 fully saturated rings. The Balaban J connectivity index is 2.19. The lowest BCUT2D eigenvalue weighted by atomic mass is 10.1. The van der Waals surface area contributed by atoms with Gasteiger partial charge >= 0.3 is 0 Å². The molecule has 2 heterocycles. The third-order valence-electron chi connectivity index (χ3n) is 2.92. The highest BCUT2D eigenvalue weighted by molar-refractivity contribution is 9.08. The van der Waals surface area contributed by atoms with Crippen molar-refractivity contribution >= 4 is 21.7 Å². The van der Waals surface area contributed by atoms with E-state index in [4.69, 9.17) is 0 Å². The molecular weight excluding hydrogens is 252 g/mol. The van der Waals surface area contributed by atoms with Crippen molar-refractivity contribution in [2.24, 2.45) is 0 Å². The molecule has 3 heteroatoms. The number of aromatic nitrogens is 1. The summed E-state index contributed by atoms with van der Waals surface area (Å²) in [4.78, 5) is 6.98. The predicted molar refractivity (Wildman–Crippen MR) is 67.7 cm³/mol. The summed E-state index contributed by atoms with van der Waals surface area (Å²) in [6.07, 6.45) is 5.96. The van der Waals surface area contributed by atoms with E-state index in [0.717, 1.165) is 5.33 Å². The summed E-state index contributed by atoms with van der Waals surface area (Å²) in [5.74, 6) is 1.18. The Kier molecular flexibility index (Phi) is 3.62. The summed E-state index contributed by atoms with van der Waals surface area (Å²) in [5.41, 5.74) is 2.56. The molecule has 1 saturated heterocycles. The molecule has 0 N–H and O–H groups in total. The van der Waals surface area contributed by atoms with Gasteiger partial charge in [-0.25, -0.2) is 4.98 Å². The molecule has 1 aliphatic rings. The Morgan fingerprint density at radius 2 is 2.07 bits per heavy atom. The van der Waals surface area contributed by atoms with Crippen LogP contribution in [0.5, 0.6) is 0 Å². The maximum atomic E-state index is 4.57. The number of nitrogens with zero attached hydrogens (tertiary/aromatic N) is 2. The van der Waals surface area contributed by atoms with E-state index in [2.05, 4.69) is 38.8 Å². The first-order valence-corrected chi connectivity index (χ1v) is 6.70. The molecule has 0 bridgehead atoms. The minimum Gasteiger partial charge on any atom is -0.356 e. The lowest BCUT2D eigenvalue weighted by Gasteiger charge is -2.29. The van der Waals surface area contributed by atoms with Crippen molar-refractivity contribution in [3.05, 3.63) is 23.4 Å². The van der Waals surface area contributed by atoms with Gasteiger partial charge in [0.2, 0.25) is 0 Å². The van der Waals surface area contributed by atoms with Gasteiger partial charge in [-0.2, -0.15) is 0 Å². The smallest absolute Gasteiger partial charge is 0.131 e. The summed E-state index contributed by atoms with van der Waals surface area (Å²) in [5, 5.41) is 0.890. The fraction of sp³-hybridized carbons (Fsp3) is 0.583. The number of pyridine rings is 1. The molecule has 2 rings (SSSR count). The molecule has 1 aliphatic heterocycles. The second-order valence-electron chi connectivity index (χ2n) is 4.17. The molecule has 15 heavy (non-hydrogen) atoms. The van der Waals surface area contributed by atoms with Gasteiger partial charge in [-0.05, 0) is 37.3 Å². The molecule has 0 amide bonds. The Bertz CT molecular complexity index is 332. The molecule has 82 valence electrons. The number of halogens is 1. The van der Waals surface area contributed by atoms with Gasteiger partial charge in [-0.1, -0.05) is 22.0 Å². The van der Waals surface area contributed by atoms with Crippen LogP contribution in [-0.2, 0) is 5.33 Å². The summed E-state index contributed by atoms with van der Waals surface area (Å²) in [6.45, 7) is 4.49. The summed E-state index contributed by atoms with van der Waals surface area (Å²) in [7, 11) is 0. The van der Waals surface area contributed by atoms with Crippen molar-refractivity contribution in [3.63, 3.8) is 0 Å². The lowest BCUT2D eigenvalue weighted by molar-refractivity contribution is 0.572. The van der Waals surface area contributed by atoms with Gasteiger partial charge in [0.05, 0.1) is 0 Å². The van der Waals surface area contributed by atoms with Crippen LogP contribution in [0.2, 0.25) is 0 Å². The van der Waals surface area contributed by atoms with E-state index in [1.165, 1.54) is 49.3 Å². The van der Waals surface area contributed by atoms with E-state index in [1.807, 2.05) is 6.20 Å². The molecule has 0 atom stereocenters. The van der Waals surface area contributed by atoms with Crippen LogP contribution in [0.3, 0.4) is 0 Å². The number of piperidine rings is 1. The van der Waals surface area contributed by atoms with Crippen LogP contribution in [0.25, 0.3) is 0 Å². The van der Waals surface area contributed by atoms with Crippen LogP contribution in [0.4, 0.5) is 5.82 Å². The van der Waals surface area contributed by atoms with Crippen LogP contribution in [0.15, 0.2) is 12.3 Å². The van der Waals surface area contributed by atoms with Crippen molar-refractivity contribution in [1.29, 1.82) is 0 Å². The Morgan fingerprint density at radius 1 is 1.33 bits per heavy atom. The maximum absolute atomic E-state index is 4.57. The lowest BCUT2D eigenvalue weighted by Crippen LogP contribution is -2.30. The summed E-state index contributed by atoms with van der Waals surface area (Å²) < 4.78 is 0. The highest BCUT2D eigenvalue weighted by Crippen LogP contribution is 2.22. The van der Waals surface area contributed by atoms with E-state index in [-0.39, 0.29) is 0 Å². The van der Waals surface area contributed by atoms with Crippen molar-refractivity contribution < 1.29 is 0 Å². The van der Waals surface area contributed by atoms with Gasteiger partial charge in [0.1, 0.15) is 5.82 Å². The van der Waals surface area contributed by atoms with Crippen LogP contribution in [-0.4, -0.2) is 18.1 Å². The minimum atomic E-state index is 0.890. The van der Waals surface area contributed by atoms with E-state index in [1.54, 1.807) is 0 Å². The average Bonchev–Trinajstić information content (AvgIpc) is 2.30. The van der Waals surface area contributed by atoms with Gasteiger partial charge in [0, 0.05) is 24.6 Å². The van der Waals surface area contributed by atoms with E-state index in [9.17, 15) is 0 Å². The Labute approximate surface area is 99.8 Å². The topological polar surface area (TPSA) is 16.1 Å². The standard InChI is InChI=1S/C12H17BrN2/c1-10-7-11(8-13)9-14-12(10)15-5-3-2-4-6-15/h7,9H,2-6,8H2,1H3. The maximum Gasteiger partial charge on any atom is 0.131 e. The van der Waals surface area contributed by atoms with Gasteiger partial charge in [0.15, 0.2) is 0 Å². The zero-order valence-electron chi connectivity index (χ0n) is 9.17. The molecule has 2 nitrogen and oxygen atoms in total. The number of alkyl halides is 1. The fourth-order valence-corrected chi connectivity index (χ4v) is 2.44. The normalized spacial score (nSPS) is 16.8. The number of hydrogen-bond donors (Lipinski definition) is 0. The largest absolute Gasteiger partial charge is 0.356 e. The van der Waals surface area contributed by atoms with Crippen LogP contribution in [0.1, 0.15) is 30.4 Å². The molecule has 0 radical (unpaired) electrons. The van der Waals surface area contributed by atoms with E-state index < -0.39 is 0 Å². The summed E-state index contributed by atoms with van der Waals surface area (Å²) in [6, 6.07) is 2.23. The van der Waals surface area contributed by atoms with Gasteiger partial charge < -0.3 is 4.90 Å². The number of hydrogen-bond acceptors (Lipinski definition) is 2. The predicted octanol–water partition coefficient (Wildman–Crippen LogP) is 3.28. The second-order valence-corrected chi connectivity index (χ2v) is 4.73. The number of rotatable bonds is 2. The molecular formula is C12H17BrN2. The molecule has 0 unspecified atom stereocenters. The van der Waals surface area contributed by atoms with Gasteiger partial charge in [0.25, 0.3) is 0 Å². The number of anilines is 1. The van der Waals surface area contributed by atoms with Crippen molar-refractivity contribution in [2.45, 2.75) is 31.5 Å². The molecule has 0 saturated carbocycles. The zero-order valence-corrected chi connectivity index (χ0v) is 10.8. The van der Waals surface area contributed by atoms with Crippen LogP contribution in [0, 0.1) is 6.92 Å². The highest BCUT2D eigenvalue weighted by Gasteiger charge is 2.13. The molecule has 0 spiro atoms. The van der Waals surface area contributed by atoms with E-state index >= 15 is 0 Å². The van der Waals surface area contributed by atoms with Crippen molar-refractivity contribution in [1.82, 2.24) is 4.98 Å². The third-order valence-corrected chi connectivity index (χ3v) is 3.56. The Hall–Kier alpha value is -0.570. The summed E-state index contributed by atoms with van der Waals surface area (Å²) >= 11 is 3.46. The SMILES string of the molecule is Cc1cc(CBr)cnc1N1CCCCC1. The average molecular weight is 269 g/mol. The van der Waals surface area contributed by atoms with Crippen LogP contribution >= 0.6 is 15.9 Å². The molecule has 0 aliphatic carbocycles. The molecule has 0 aromatic carbocycles. The van der Waals surface area contributed by atoms with Crippen LogP contribution < -0.4 is 4.90 Å². The zero-order chi connectivity index (χ0) is 10.7. The number of aryl methyl sites for hydroxylation is 1. The second kappa shape index (κ2) is 4.97. The first-order valence-electron chi connectivity index (χ1n) is 5.57. The monoisotopic (exact) mass is 268 g/mol. The highest BCUT2D eigenvalue weighted by atomic mass is 79.9.